The smallest absolute Gasteiger partial charge is 0.159 e. The van der Waals surface area contributed by atoms with Crippen LogP contribution in [0.3, 0.4) is 0 Å². The first-order chi connectivity index (χ1) is 14.7. The van der Waals surface area contributed by atoms with Crippen molar-refractivity contribution in [3.05, 3.63) is 102 Å². The van der Waals surface area contributed by atoms with Gasteiger partial charge >= 0.3 is 0 Å². The maximum absolute atomic E-state index is 4.83. The summed E-state index contributed by atoms with van der Waals surface area (Å²) in [6, 6.07) is 23.0. The van der Waals surface area contributed by atoms with Gasteiger partial charge in [0.2, 0.25) is 0 Å². The monoisotopic (exact) mass is 392 g/mol. The Bertz CT molecular complexity index is 1140. The number of nitrogens with zero attached hydrogens (tertiary/aromatic N) is 4. The number of fused-ring (bicyclic) bond motifs is 1. The molecule has 0 amide bonds. The molecule has 5 rings (SSSR count). The number of benzene rings is 2. The number of aromatic nitrogens is 3. The lowest BCUT2D eigenvalue weighted by Gasteiger charge is -2.28. The average molecular weight is 393 g/mol. The fourth-order valence-electron chi connectivity index (χ4n) is 3.91. The maximum Gasteiger partial charge on any atom is 0.159 e. The summed E-state index contributed by atoms with van der Waals surface area (Å²) >= 11 is 0. The van der Waals surface area contributed by atoms with E-state index < -0.39 is 0 Å². The lowest BCUT2D eigenvalue weighted by atomic mass is 10.1. The molecule has 0 radical (unpaired) electrons. The Labute approximate surface area is 177 Å². The Hall–Kier alpha value is -3.37. The molecule has 4 nitrogen and oxygen atoms in total. The minimum atomic E-state index is 0.818. The van der Waals surface area contributed by atoms with Crippen molar-refractivity contribution in [3.63, 3.8) is 0 Å². The second kappa shape index (κ2) is 8.17. The molecule has 2 aromatic heterocycles. The molecule has 0 N–H and O–H groups in total. The first-order valence-electron chi connectivity index (χ1n) is 10.4. The molecular weight excluding hydrogens is 368 g/mol. The summed E-state index contributed by atoms with van der Waals surface area (Å²) < 4.78 is 0. The highest BCUT2D eigenvalue weighted by Crippen LogP contribution is 2.23. The van der Waals surface area contributed by atoms with Crippen LogP contribution in [-0.4, -0.2) is 26.4 Å². The highest BCUT2D eigenvalue weighted by atomic mass is 15.1. The van der Waals surface area contributed by atoms with Crippen molar-refractivity contribution in [2.75, 3.05) is 6.54 Å². The molecule has 0 spiro atoms. The van der Waals surface area contributed by atoms with Crippen molar-refractivity contribution < 1.29 is 0 Å². The van der Waals surface area contributed by atoms with Crippen molar-refractivity contribution in [2.45, 2.75) is 26.4 Å². The van der Waals surface area contributed by atoms with E-state index in [1.807, 2.05) is 30.6 Å². The van der Waals surface area contributed by atoms with Crippen molar-refractivity contribution in [1.29, 1.82) is 0 Å². The molecule has 30 heavy (non-hydrogen) atoms. The topological polar surface area (TPSA) is 41.9 Å². The quantitative estimate of drug-likeness (QED) is 0.486. The van der Waals surface area contributed by atoms with Gasteiger partial charge in [0.1, 0.15) is 0 Å². The molecule has 1 aliphatic heterocycles. The number of aryl methyl sites for hydroxylation is 1. The van der Waals surface area contributed by atoms with Crippen LogP contribution in [0.15, 0.2) is 79.1 Å². The molecule has 0 atom stereocenters. The first kappa shape index (κ1) is 18.6. The largest absolute Gasteiger partial charge is 0.294 e. The van der Waals surface area contributed by atoms with E-state index in [1.54, 1.807) is 0 Å². The average Bonchev–Trinajstić information content (AvgIpc) is 2.80. The molecule has 0 bridgehead atoms. The zero-order valence-corrected chi connectivity index (χ0v) is 17.1. The van der Waals surface area contributed by atoms with Gasteiger partial charge < -0.3 is 0 Å². The predicted octanol–water partition coefficient (Wildman–Crippen LogP) is 5.07. The molecule has 4 heteroatoms. The molecule has 148 valence electrons. The van der Waals surface area contributed by atoms with Crippen molar-refractivity contribution in [2.24, 2.45) is 0 Å². The Kier molecular flexibility index (Phi) is 5.08. The second-order valence-electron chi connectivity index (χ2n) is 7.91. The van der Waals surface area contributed by atoms with E-state index in [-0.39, 0.29) is 0 Å². The summed E-state index contributed by atoms with van der Waals surface area (Å²) in [5.74, 6) is 0.818. The van der Waals surface area contributed by atoms with Gasteiger partial charge in [0, 0.05) is 55.1 Å². The minimum absolute atomic E-state index is 0.818. The molecule has 0 unspecified atom stereocenters. The molecule has 0 saturated carbocycles. The van der Waals surface area contributed by atoms with Crippen LogP contribution < -0.4 is 0 Å². The third-order valence-electron chi connectivity index (χ3n) is 5.62. The maximum atomic E-state index is 4.83. The third-order valence-corrected chi connectivity index (χ3v) is 5.62. The molecule has 0 aliphatic carbocycles. The van der Waals surface area contributed by atoms with Gasteiger partial charge in [-0.15, -0.1) is 0 Å². The molecular formula is C26H24N4. The summed E-state index contributed by atoms with van der Waals surface area (Å²) in [5, 5.41) is 0. The van der Waals surface area contributed by atoms with Gasteiger partial charge in [0.05, 0.1) is 11.4 Å². The third kappa shape index (κ3) is 4.00. The molecule has 2 aromatic carbocycles. The molecule has 1 aliphatic rings. The highest BCUT2D eigenvalue weighted by Gasteiger charge is 2.19. The lowest BCUT2D eigenvalue weighted by molar-refractivity contribution is 0.242. The van der Waals surface area contributed by atoms with E-state index in [0.717, 1.165) is 48.7 Å². The van der Waals surface area contributed by atoms with Crippen LogP contribution in [0.25, 0.3) is 22.6 Å². The van der Waals surface area contributed by atoms with Crippen LogP contribution in [0.4, 0.5) is 0 Å². The normalized spacial score (nSPS) is 13.8. The van der Waals surface area contributed by atoms with Gasteiger partial charge in [-0.25, -0.2) is 9.97 Å². The minimum Gasteiger partial charge on any atom is -0.294 e. The van der Waals surface area contributed by atoms with E-state index >= 15 is 0 Å². The second-order valence-corrected chi connectivity index (χ2v) is 7.91. The zero-order chi connectivity index (χ0) is 20.3. The summed E-state index contributed by atoms with van der Waals surface area (Å²) in [7, 11) is 0. The SMILES string of the molecule is Cc1ccc(-c2ccc(CN3CCc4nc(-c5ccccc5)ncc4C3)cn2)cc1. The van der Waals surface area contributed by atoms with Crippen molar-refractivity contribution in [1.82, 2.24) is 19.9 Å². The lowest BCUT2D eigenvalue weighted by Crippen LogP contribution is -2.31. The van der Waals surface area contributed by atoms with Gasteiger partial charge in [-0.2, -0.15) is 0 Å². The van der Waals surface area contributed by atoms with Crippen LogP contribution in [0.1, 0.15) is 22.4 Å². The number of pyridine rings is 1. The predicted molar refractivity (Wildman–Crippen MR) is 120 cm³/mol. The van der Waals surface area contributed by atoms with E-state index in [4.69, 9.17) is 4.98 Å². The van der Waals surface area contributed by atoms with E-state index in [9.17, 15) is 0 Å². The molecule has 4 aromatic rings. The fourth-order valence-corrected chi connectivity index (χ4v) is 3.91. The molecule has 0 fully saturated rings. The Morgan fingerprint density at radius 1 is 0.833 bits per heavy atom. The van der Waals surface area contributed by atoms with Crippen LogP contribution in [0, 0.1) is 6.92 Å². The fraction of sp³-hybridized carbons (Fsp3) is 0.192. The van der Waals surface area contributed by atoms with Gasteiger partial charge in [0.15, 0.2) is 5.82 Å². The van der Waals surface area contributed by atoms with E-state index in [1.165, 1.54) is 22.4 Å². The molecule has 3 heterocycles. The number of hydrogen-bond acceptors (Lipinski definition) is 4. The van der Waals surface area contributed by atoms with Gasteiger partial charge in [0.25, 0.3) is 0 Å². The summed E-state index contributed by atoms with van der Waals surface area (Å²) in [5.41, 5.74) is 8.15. The van der Waals surface area contributed by atoms with Crippen LogP contribution in [0.5, 0.6) is 0 Å². The van der Waals surface area contributed by atoms with Crippen LogP contribution in [-0.2, 0) is 19.5 Å². The Morgan fingerprint density at radius 2 is 1.67 bits per heavy atom. The first-order valence-corrected chi connectivity index (χ1v) is 10.4. The Balaban J connectivity index is 1.27. The Morgan fingerprint density at radius 3 is 2.43 bits per heavy atom. The van der Waals surface area contributed by atoms with Gasteiger partial charge in [-0.3, -0.25) is 9.88 Å². The van der Waals surface area contributed by atoms with Crippen molar-refractivity contribution in [3.8, 4) is 22.6 Å². The van der Waals surface area contributed by atoms with E-state index in [2.05, 4.69) is 70.3 Å². The summed E-state index contributed by atoms with van der Waals surface area (Å²) in [6.07, 6.45) is 4.95. The molecule has 0 saturated heterocycles. The van der Waals surface area contributed by atoms with Gasteiger partial charge in [-0.05, 0) is 18.6 Å². The van der Waals surface area contributed by atoms with Crippen LogP contribution in [0.2, 0.25) is 0 Å². The zero-order valence-electron chi connectivity index (χ0n) is 17.1. The van der Waals surface area contributed by atoms with Crippen molar-refractivity contribution >= 4 is 0 Å². The van der Waals surface area contributed by atoms with Crippen LogP contribution >= 0.6 is 0 Å². The number of rotatable bonds is 4. The summed E-state index contributed by atoms with van der Waals surface area (Å²) in [4.78, 5) is 16.6. The van der Waals surface area contributed by atoms with Gasteiger partial charge in [-0.1, -0.05) is 66.2 Å². The standard InChI is InChI=1S/C26H24N4/c1-19-7-10-21(11-8-19)24-12-9-20(15-27-24)17-30-14-13-25-23(18-30)16-28-26(29-25)22-5-3-2-4-6-22/h2-12,15-16H,13-14,17-18H2,1H3. The summed E-state index contributed by atoms with van der Waals surface area (Å²) in [6.45, 7) is 4.87. The highest BCUT2D eigenvalue weighted by molar-refractivity contribution is 5.59. The van der Waals surface area contributed by atoms with E-state index in [0.29, 0.717) is 0 Å². The number of hydrogen-bond donors (Lipinski definition) is 0.